The molecule has 0 saturated heterocycles. The summed E-state index contributed by atoms with van der Waals surface area (Å²) in [4.78, 5) is 31.1. The van der Waals surface area contributed by atoms with Crippen molar-refractivity contribution in [3.63, 3.8) is 0 Å². The molecule has 42 heavy (non-hydrogen) atoms. The first-order valence-corrected chi connectivity index (χ1v) is 18.0. The van der Waals surface area contributed by atoms with Crippen LogP contribution in [0, 0.1) is 10.1 Å². The van der Waals surface area contributed by atoms with E-state index in [1.807, 2.05) is 0 Å². The van der Waals surface area contributed by atoms with Crippen LogP contribution < -0.4 is 0 Å². The number of para-hydroxylation sites is 1. The van der Waals surface area contributed by atoms with Crippen LogP contribution in [0.2, 0.25) is 18.1 Å². The van der Waals surface area contributed by atoms with Crippen LogP contribution in [0.25, 0.3) is 0 Å². The Kier molecular flexibility index (Phi) is 11.1. The van der Waals surface area contributed by atoms with Crippen molar-refractivity contribution < 1.29 is 32.1 Å². The summed E-state index contributed by atoms with van der Waals surface area (Å²) in [5, 5.41) is 11.7. The minimum absolute atomic E-state index is 0.0876. The third-order valence-corrected chi connectivity index (χ3v) is 13.4. The molecule has 0 fully saturated rings. The Balaban J connectivity index is 2.73. The van der Waals surface area contributed by atoms with Crippen LogP contribution in [-0.4, -0.2) is 74.6 Å². The third-order valence-electron chi connectivity index (χ3n) is 7.19. The number of hydroxylamine groups is 1. The monoisotopic (exact) mass is 623 g/mol. The van der Waals surface area contributed by atoms with Gasteiger partial charge in [-0.05, 0) is 57.5 Å². The Morgan fingerprint density at radius 2 is 1.81 bits per heavy atom. The van der Waals surface area contributed by atoms with Gasteiger partial charge >= 0.3 is 6.09 Å². The maximum absolute atomic E-state index is 14.0. The molecule has 0 saturated carbocycles. The van der Waals surface area contributed by atoms with Crippen LogP contribution in [0.4, 0.5) is 10.5 Å². The smallest absolute Gasteiger partial charge is 0.410 e. The van der Waals surface area contributed by atoms with Gasteiger partial charge < -0.3 is 9.16 Å². The highest BCUT2D eigenvalue weighted by Crippen LogP contribution is 2.38. The number of hydrogen-bond donors (Lipinski definition) is 0. The second-order valence-electron chi connectivity index (χ2n) is 12.8. The highest BCUT2D eigenvalue weighted by molar-refractivity contribution is 7.89. The molecule has 0 aromatic heterocycles. The van der Waals surface area contributed by atoms with E-state index < -0.39 is 57.6 Å². The summed E-state index contributed by atoms with van der Waals surface area (Å²) in [6.07, 6.45) is 2.43. The molecule has 0 spiro atoms. The minimum atomic E-state index is -4.64. The zero-order valence-corrected chi connectivity index (χ0v) is 28.0. The predicted octanol–water partition coefficient (Wildman–Crippen LogP) is 6.22. The fraction of sp³-hybridized carbons (Fsp3) is 0.552. The van der Waals surface area contributed by atoms with Crippen LogP contribution in [-0.2, 0) is 24.0 Å². The summed E-state index contributed by atoms with van der Waals surface area (Å²) in [7, 11) is -6.87. The fourth-order valence-corrected chi connectivity index (χ4v) is 6.58. The molecular formula is C29H45N3O8SSi. The van der Waals surface area contributed by atoms with Crippen LogP contribution in [0.15, 0.2) is 65.6 Å². The number of nitro groups is 1. The number of sulfonamides is 1. The van der Waals surface area contributed by atoms with Gasteiger partial charge in [0.25, 0.3) is 15.7 Å². The van der Waals surface area contributed by atoms with Gasteiger partial charge in [-0.1, -0.05) is 61.7 Å². The van der Waals surface area contributed by atoms with Gasteiger partial charge in [-0.15, -0.1) is 6.58 Å². The second-order valence-corrected chi connectivity index (χ2v) is 19.3. The van der Waals surface area contributed by atoms with E-state index in [-0.39, 0.29) is 24.8 Å². The van der Waals surface area contributed by atoms with Crippen molar-refractivity contribution in [3.05, 3.63) is 70.8 Å². The molecule has 1 heterocycles. The van der Waals surface area contributed by atoms with E-state index in [0.29, 0.717) is 15.6 Å². The first kappa shape index (κ1) is 35.4. The Morgan fingerprint density at radius 3 is 2.31 bits per heavy atom. The highest BCUT2D eigenvalue weighted by atomic mass is 32.2. The molecule has 0 aliphatic carbocycles. The van der Waals surface area contributed by atoms with Crippen molar-refractivity contribution in [2.24, 2.45) is 0 Å². The average Bonchev–Trinajstić information content (AvgIpc) is 2.85. The van der Waals surface area contributed by atoms with E-state index in [1.54, 1.807) is 33.8 Å². The van der Waals surface area contributed by atoms with Crippen molar-refractivity contribution in [2.75, 3.05) is 19.8 Å². The van der Waals surface area contributed by atoms with Gasteiger partial charge in [-0.3, -0.25) is 19.9 Å². The lowest BCUT2D eigenvalue weighted by Gasteiger charge is -2.44. The third kappa shape index (κ3) is 8.38. The van der Waals surface area contributed by atoms with E-state index in [0.717, 1.165) is 12.1 Å². The van der Waals surface area contributed by atoms with Crippen molar-refractivity contribution >= 4 is 30.1 Å². The van der Waals surface area contributed by atoms with Crippen molar-refractivity contribution in [1.29, 1.82) is 0 Å². The van der Waals surface area contributed by atoms with E-state index in [4.69, 9.17) is 14.0 Å². The molecule has 0 N–H and O–H groups in total. The van der Waals surface area contributed by atoms with E-state index >= 15 is 0 Å². The van der Waals surface area contributed by atoms with Crippen LogP contribution in [0.1, 0.15) is 48.5 Å². The summed E-state index contributed by atoms with van der Waals surface area (Å²) in [6.45, 7) is 24.9. The molecule has 1 aromatic rings. The molecule has 1 aromatic carbocycles. The van der Waals surface area contributed by atoms with E-state index in [1.165, 1.54) is 23.1 Å². The van der Waals surface area contributed by atoms with Crippen LogP contribution in [0.3, 0.4) is 0 Å². The molecule has 2 atom stereocenters. The van der Waals surface area contributed by atoms with E-state index in [9.17, 15) is 23.3 Å². The lowest BCUT2D eigenvalue weighted by Crippen LogP contribution is -2.57. The lowest BCUT2D eigenvalue weighted by atomic mass is 9.94. The number of carbonyl (C=O) groups excluding carboxylic acids is 1. The predicted molar refractivity (Wildman–Crippen MR) is 165 cm³/mol. The summed E-state index contributed by atoms with van der Waals surface area (Å²) in [5.41, 5.74) is -0.409. The topological polar surface area (TPSA) is 129 Å². The highest BCUT2D eigenvalue weighted by Gasteiger charge is 2.45. The van der Waals surface area contributed by atoms with Crippen molar-refractivity contribution in [3.8, 4) is 0 Å². The van der Waals surface area contributed by atoms with Gasteiger partial charge in [0, 0.05) is 12.6 Å². The van der Waals surface area contributed by atoms with E-state index in [2.05, 4.69) is 47.0 Å². The molecule has 11 nitrogen and oxygen atoms in total. The quantitative estimate of drug-likeness (QED) is 0.123. The molecule has 1 amide bonds. The SMILES string of the molecule is C=CCON([C@H]1CN(C(=O)OC(C)(C)C)[C@H](CO[Si](C)(C)C(C)(C)C)C=C1C(=C)C)S(=O)(=O)c1ccccc1[N+](=O)[O-]. The zero-order chi connectivity index (χ0) is 32.3. The molecule has 13 heteroatoms. The number of nitrogens with zero attached hydrogens (tertiary/aromatic N) is 3. The van der Waals surface area contributed by atoms with Gasteiger partial charge in [-0.2, -0.15) is 0 Å². The van der Waals surface area contributed by atoms with Gasteiger partial charge in [0.1, 0.15) is 5.60 Å². The largest absolute Gasteiger partial charge is 0.444 e. The molecule has 0 unspecified atom stereocenters. The number of carbonyl (C=O) groups is 1. The maximum atomic E-state index is 14.0. The van der Waals surface area contributed by atoms with Gasteiger partial charge in [0.2, 0.25) is 0 Å². The van der Waals surface area contributed by atoms with Crippen molar-refractivity contribution in [1.82, 2.24) is 9.37 Å². The molecule has 1 aliphatic heterocycles. The molecular weight excluding hydrogens is 578 g/mol. The second kappa shape index (κ2) is 13.2. The normalized spacial score (nSPS) is 18.4. The number of hydrogen-bond acceptors (Lipinski definition) is 8. The number of benzene rings is 1. The summed E-state index contributed by atoms with van der Waals surface area (Å²) in [5.74, 6) is 0. The fourth-order valence-electron chi connectivity index (χ4n) is 3.99. The number of rotatable bonds is 11. The Hall–Kier alpha value is -2.84. The molecule has 1 aliphatic rings. The first-order chi connectivity index (χ1) is 19.1. The van der Waals surface area contributed by atoms with Crippen LogP contribution >= 0.6 is 0 Å². The average molecular weight is 624 g/mol. The standard InChI is InChI=1S/C29H45N3O8SSi/c1-12-17-38-32(41(36,37)26-16-14-13-15-24(26)31(34)35)25-19-30(27(33)40-28(4,5)6)22(18-23(25)21(2)3)20-39-42(10,11)29(7,8)9/h12-16,18,22,25H,1-2,17,19-20H2,3-11H3/t22-,25-/m0/s1. The minimum Gasteiger partial charge on any atom is -0.444 e. The Bertz CT molecular complexity index is 1330. The summed E-state index contributed by atoms with van der Waals surface area (Å²) in [6, 6.07) is 3.31. The Labute approximate surface area is 251 Å². The van der Waals surface area contributed by atoms with Gasteiger partial charge in [-0.25, -0.2) is 13.2 Å². The number of nitro benzene ring substituents is 1. The first-order valence-electron chi connectivity index (χ1n) is 13.7. The van der Waals surface area contributed by atoms with Crippen molar-refractivity contribution in [2.45, 2.75) is 89.2 Å². The molecule has 2 rings (SSSR count). The number of ether oxygens (including phenoxy) is 1. The molecule has 234 valence electrons. The lowest BCUT2D eigenvalue weighted by molar-refractivity contribution is -0.388. The summed E-state index contributed by atoms with van der Waals surface area (Å²) >= 11 is 0. The van der Waals surface area contributed by atoms with Crippen LogP contribution in [0.5, 0.6) is 0 Å². The molecule has 0 bridgehead atoms. The van der Waals surface area contributed by atoms with Gasteiger partial charge in [0.15, 0.2) is 13.2 Å². The maximum Gasteiger partial charge on any atom is 0.410 e. The molecule has 0 radical (unpaired) electrons. The zero-order valence-electron chi connectivity index (χ0n) is 26.2. The number of amides is 1. The Morgan fingerprint density at radius 1 is 1.21 bits per heavy atom. The van der Waals surface area contributed by atoms with Gasteiger partial charge in [0.05, 0.1) is 30.2 Å². The summed E-state index contributed by atoms with van der Waals surface area (Å²) < 4.78 is 41.0.